The molecular weight excluding hydrogens is 937 g/mol. The Kier molecular flexibility index (Phi) is 59.9. The minimum absolute atomic E-state index is 0.0841. The van der Waals surface area contributed by atoms with Gasteiger partial charge in [0.25, 0.3) is 0 Å². The van der Waals surface area contributed by atoms with Gasteiger partial charge >= 0.3 is 17.9 Å². The van der Waals surface area contributed by atoms with Gasteiger partial charge in [-0.15, -0.1) is 0 Å². The van der Waals surface area contributed by atoms with Crippen molar-refractivity contribution in [2.24, 2.45) is 0 Å². The van der Waals surface area contributed by atoms with Gasteiger partial charge in [-0.1, -0.05) is 290 Å². The Morgan fingerprint density at radius 3 is 0.803 bits per heavy atom. The van der Waals surface area contributed by atoms with Crippen LogP contribution in [0, 0.1) is 0 Å². The Morgan fingerprint density at radius 2 is 0.513 bits per heavy atom. The molecule has 0 aromatic heterocycles. The zero-order valence-corrected chi connectivity index (χ0v) is 49.5. The highest BCUT2D eigenvalue weighted by atomic mass is 16.6. The highest BCUT2D eigenvalue weighted by Crippen LogP contribution is 2.16. The van der Waals surface area contributed by atoms with Crippen molar-refractivity contribution < 1.29 is 28.6 Å². The molecule has 6 nitrogen and oxygen atoms in total. The smallest absolute Gasteiger partial charge is 0.306 e. The van der Waals surface area contributed by atoms with Crippen molar-refractivity contribution in [2.45, 2.75) is 290 Å². The van der Waals surface area contributed by atoms with Crippen LogP contribution in [0.1, 0.15) is 284 Å². The van der Waals surface area contributed by atoms with Crippen LogP contribution in [-0.2, 0) is 28.6 Å². The number of rotatable bonds is 56. The molecule has 0 aliphatic carbocycles. The first-order chi connectivity index (χ1) is 37.5. The van der Waals surface area contributed by atoms with Crippen molar-refractivity contribution in [1.29, 1.82) is 0 Å². The molecule has 0 spiro atoms. The molecule has 6 heteroatoms. The summed E-state index contributed by atoms with van der Waals surface area (Å²) >= 11 is 0. The van der Waals surface area contributed by atoms with Crippen molar-refractivity contribution in [3.63, 3.8) is 0 Å². The third-order valence-corrected chi connectivity index (χ3v) is 13.2. The summed E-state index contributed by atoms with van der Waals surface area (Å²) in [5.41, 5.74) is 0. The van der Waals surface area contributed by atoms with Gasteiger partial charge in [0, 0.05) is 19.3 Å². The number of carbonyl (C=O) groups excluding carboxylic acids is 3. The van der Waals surface area contributed by atoms with Crippen LogP contribution in [0.2, 0.25) is 0 Å². The molecule has 0 aliphatic heterocycles. The van der Waals surface area contributed by atoms with Gasteiger partial charge < -0.3 is 14.2 Å². The number of unbranched alkanes of at least 4 members (excludes halogenated alkanes) is 25. The number of hydrogen-bond donors (Lipinski definition) is 0. The lowest BCUT2D eigenvalue weighted by Crippen LogP contribution is -2.30. The fourth-order valence-corrected chi connectivity index (χ4v) is 8.53. The number of carbonyl (C=O) groups is 3. The van der Waals surface area contributed by atoms with Gasteiger partial charge in [0.2, 0.25) is 0 Å². The van der Waals surface area contributed by atoms with E-state index in [1.807, 2.05) is 0 Å². The van der Waals surface area contributed by atoms with Crippen LogP contribution in [-0.4, -0.2) is 37.2 Å². The van der Waals surface area contributed by atoms with E-state index < -0.39 is 6.10 Å². The van der Waals surface area contributed by atoms with E-state index in [0.717, 1.165) is 135 Å². The van der Waals surface area contributed by atoms with E-state index in [1.165, 1.54) is 109 Å². The van der Waals surface area contributed by atoms with Crippen molar-refractivity contribution in [1.82, 2.24) is 0 Å². The van der Waals surface area contributed by atoms with Crippen molar-refractivity contribution in [3.8, 4) is 0 Å². The zero-order valence-electron chi connectivity index (χ0n) is 49.5. The Labute approximate surface area is 469 Å². The van der Waals surface area contributed by atoms with Crippen molar-refractivity contribution in [2.75, 3.05) is 13.2 Å². The Hall–Kier alpha value is -4.19. The average Bonchev–Trinajstić information content (AvgIpc) is 3.42. The van der Waals surface area contributed by atoms with E-state index in [-0.39, 0.29) is 31.1 Å². The molecule has 0 radical (unpaired) electrons. The molecule has 1 unspecified atom stereocenters. The number of esters is 3. The lowest BCUT2D eigenvalue weighted by Gasteiger charge is -2.18. The molecule has 1 atom stereocenters. The molecule has 0 rings (SSSR count). The lowest BCUT2D eigenvalue weighted by molar-refractivity contribution is -0.167. The highest BCUT2D eigenvalue weighted by Gasteiger charge is 2.19. The molecule has 0 bridgehead atoms. The molecule has 0 aromatic rings. The summed E-state index contributed by atoms with van der Waals surface area (Å²) in [6.07, 6.45) is 87.9. The quantitative estimate of drug-likeness (QED) is 0.0261. The van der Waals surface area contributed by atoms with Gasteiger partial charge in [-0.3, -0.25) is 14.4 Å². The molecule has 432 valence electrons. The lowest BCUT2D eigenvalue weighted by atomic mass is 10.0. The SMILES string of the molecule is CC/C=C\C/C=C\C/C=C\C/C=C\C/C=C\C/C=C\C/C=C\C/C=C\C/C=C\C/C=C\CCCCCCC(=O)OCC(COC(=O)CCCCCCCCCC)OC(=O)CCCCCCCCCCCCCCCCC. The standard InChI is InChI=1S/C70H116O6/c1-4-7-10-13-16-19-21-23-25-26-27-28-29-30-31-32-33-34-35-36-37-38-39-40-41-42-43-44-46-47-49-51-54-57-60-63-69(72)75-66-67(65-74-68(71)62-59-56-53-18-15-12-9-6-3)76-70(73)64-61-58-55-52-50-48-45-24-22-20-17-14-11-8-5-2/h7,10,16,19,23,25,27-28,30-31,33-34,36-37,39-40,42-43,46-47,67H,4-6,8-9,11-15,17-18,20-22,24,26,29,32,35,38,41,44-45,48-66H2,1-3H3/b10-7-,19-16-,25-23-,28-27-,31-30-,34-33-,37-36-,40-39-,43-42-,47-46-. The molecule has 0 fully saturated rings. The monoisotopic (exact) mass is 1050 g/mol. The predicted octanol–water partition coefficient (Wildman–Crippen LogP) is 21.6. The molecular formula is C70H116O6. The minimum atomic E-state index is -0.786. The van der Waals surface area contributed by atoms with Crippen molar-refractivity contribution in [3.05, 3.63) is 122 Å². The van der Waals surface area contributed by atoms with Gasteiger partial charge in [0.05, 0.1) is 0 Å². The van der Waals surface area contributed by atoms with Gasteiger partial charge in [-0.05, 0) is 96.3 Å². The molecule has 0 aliphatic rings. The van der Waals surface area contributed by atoms with Crippen LogP contribution in [0.15, 0.2) is 122 Å². The molecule has 0 N–H and O–H groups in total. The Morgan fingerprint density at radius 1 is 0.276 bits per heavy atom. The predicted molar refractivity (Wildman–Crippen MR) is 330 cm³/mol. The largest absolute Gasteiger partial charge is 0.462 e. The second-order valence-corrected chi connectivity index (χ2v) is 20.6. The maximum atomic E-state index is 12.8. The normalized spacial score (nSPS) is 12.9. The van der Waals surface area contributed by atoms with Crippen LogP contribution >= 0.6 is 0 Å². The van der Waals surface area contributed by atoms with Crippen LogP contribution in [0.4, 0.5) is 0 Å². The second kappa shape index (κ2) is 63.3. The maximum Gasteiger partial charge on any atom is 0.306 e. The van der Waals surface area contributed by atoms with E-state index in [4.69, 9.17) is 14.2 Å². The highest BCUT2D eigenvalue weighted by molar-refractivity contribution is 5.71. The van der Waals surface area contributed by atoms with Crippen LogP contribution in [0.3, 0.4) is 0 Å². The fraction of sp³-hybridized carbons (Fsp3) is 0.671. The molecule has 0 amide bonds. The van der Waals surface area contributed by atoms with E-state index in [0.29, 0.717) is 19.3 Å². The van der Waals surface area contributed by atoms with Gasteiger partial charge in [0.1, 0.15) is 13.2 Å². The number of ether oxygens (including phenoxy) is 3. The minimum Gasteiger partial charge on any atom is -0.462 e. The number of allylic oxidation sites excluding steroid dienone is 20. The summed E-state index contributed by atoms with van der Waals surface area (Å²) < 4.78 is 16.8. The van der Waals surface area contributed by atoms with E-state index in [2.05, 4.69) is 142 Å². The Balaban J connectivity index is 4.20. The third-order valence-electron chi connectivity index (χ3n) is 13.2. The Bertz CT molecular complexity index is 1590. The van der Waals surface area contributed by atoms with Gasteiger partial charge in [0.15, 0.2) is 6.10 Å². The van der Waals surface area contributed by atoms with Crippen LogP contribution < -0.4 is 0 Å². The number of hydrogen-bond acceptors (Lipinski definition) is 6. The zero-order chi connectivity index (χ0) is 55.0. The molecule has 76 heavy (non-hydrogen) atoms. The first-order valence-electron chi connectivity index (χ1n) is 31.5. The van der Waals surface area contributed by atoms with Gasteiger partial charge in [-0.2, -0.15) is 0 Å². The summed E-state index contributed by atoms with van der Waals surface area (Å²) in [6.45, 7) is 6.48. The molecule has 0 heterocycles. The maximum absolute atomic E-state index is 12.8. The summed E-state index contributed by atoms with van der Waals surface area (Å²) in [4.78, 5) is 38.0. The summed E-state index contributed by atoms with van der Waals surface area (Å²) in [6, 6.07) is 0. The average molecular weight is 1050 g/mol. The first kappa shape index (κ1) is 71.8. The van der Waals surface area contributed by atoms with E-state index in [1.54, 1.807) is 0 Å². The van der Waals surface area contributed by atoms with E-state index in [9.17, 15) is 14.4 Å². The third kappa shape index (κ3) is 60.7. The first-order valence-corrected chi connectivity index (χ1v) is 31.5. The summed E-state index contributed by atoms with van der Waals surface area (Å²) in [7, 11) is 0. The molecule has 0 saturated carbocycles. The van der Waals surface area contributed by atoms with Crippen molar-refractivity contribution >= 4 is 17.9 Å². The summed E-state index contributed by atoms with van der Waals surface area (Å²) in [5.74, 6) is -0.910. The topological polar surface area (TPSA) is 78.9 Å². The van der Waals surface area contributed by atoms with Crippen LogP contribution in [0.25, 0.3) is 0 Å². The summed E-state index contributed by atoms with van der Waals surface area (Å²) in [5, 5.41) is 0. The fourth-order valence-electron chi connectivity index (χ4n) is 8.53. The van der Waals surface area contributed by atoms with Crippen LogP contribution in [0.5, 0.6) is 0 Å². The molecule has 0 aromatic carbocycles. The molecule has 0 saturated heterocycles. The van der Waals surface area contributed by atoms with E-state index >= 15 is 0 Å². The second-order valence-electron chi connectivity index (χ2n) is 20.6. The van der Waals surface area contributed by atoms with Gasteiger partial charge in [-0.25, -0.2) is 0 Å².